The third-order valence-corrected chi connectivity index (χ3v) is 4.30. The maximum Gasteiger partial charge on any atom is 0.258 e. The zero-order chi connectivity index (χ0) is 17.1. The van der Waals surface area contributed by atoms with Crippen molar-refractivity contribution in [2.24, 2.45) is 0 Å². The van der Waals surface area contributed by atoms with Gasteiger partial charge >= 0.3 is 0 Å². The molecule has 1 saturated carbocycles. The van der Waals surface area contributed by atoms with Crippen molar-refractivity contribution in [2.45, 2.75) is 38.7 Å². The lowest BCUT2D eigenvalue weighted by atomic mass is 10.1. The van der Waals surface area contributed by atoms with Crippen LogP contribution in [0.2, 0.25) is 0 Å². The molecule has 1 aliphatic carbocycles. The Morgan fingerprint density at radius 1 is 1.17 bits per heavy atom. The zero-order valence-corrected chi connectivity index (χ0v) is 13.4. The van der Waals surface area contributed by atoms with Crippen LogP contribution in [0.3, 0.4) is 0 Å². The van der Waals surface area contributed by atoms with E-state index in [1.54, 1.807) is 12.1 Å². The maximum absolute atomic E-state index is 13.7. The summed E-state index contributed by atoms with van der Waals surface area (Å²) in [5.41, 5.74) is 0.977. The molecule has 2 aromatic rings. The summed E-state index contributed by atoms with van der Waals surface area (Å²) in [5, 5.41) is 2.63. The Balaban J connectivity index is 1.79. The predicted molar refractivity (Wildman–Crippen MR) is 88.4 cm³/mol. The molecule has 3 nitrogen and oxygen atoms in total. The number of carbonyl (C=O) groups excluding carboxylic acids is 1. The normalized spacial score (nSPS) is 14.6. The van der Waals surface area contributed by atoms with Crippen molar-refractivity contribution in [1.29, 1.82) is 0 Å². The molecule has 126 valence electrons. The van der Waals surface area contributed by atoms with Crippen LogP contribution >= 0.6 is 0 Å². The maximum atomic E-state index is 13.7. The summed E-state index contributed by atoms with van der Waals surface area (Å²) in [7, 11) is 0. The molecule has 0 heterocycles. The van der Waals surface area contributed by atoms with Gasteiger partial charge in [0.2, 0.25) is 0 Å². The highest BCUT2D eigenvalue weighted by Crippen LogP contribution is 2.30. The molecule has 1 aliphatic rings. The van der Waals surface area contributed by atoms with Crippen molar-refractivity contribution in [3.63, 3.8) is 0 Å². The lowest BCUT2D eigenvalue weighted by Gasteiger charge is -2.17. The summed E-state index contributed by atoms with van der Waals surface area (Å²) >= 11 is 0. The Hall–Kier alpha value is -2.43. The van der Waals surface area contributed by atoms with Gasteiger partial charge in [-0.05, 0) is 62.9 Å². The first-order chi connectivity index (χ1) is 11.5. The fraction of sp³-hybridized carbons (Fsp3) is 0.316. The molecule has 0 atom stereocenters. The molecule has 0 spiro atoms. The molecule has 3 rings (SSSR count). The van der Waals surface area contributed by atoms with Crippen molar-refractivity contribution in [3.05, 3.63) is 59.2 Å². The van der Waals surface area contributed by atoms with Gasteiger partial charge in [-0.1, -0.05) is 6.07 Å². The van der Waals surface area contributed by atoms with Crippen molar-refractivity contribution >= 4 is 11.6 Å². The van der Waals surface area contributed by atoms with E-state index in [1.807, 2.05) is 13.0 Å². The third-order valence-electron chi connectivity index (χ3n) is 4.30. The summed E-state index contributed by atoms with van der Waals surface area (Å²) < 4.78 is 33.0. The summed E-state index contributed by atoms with van der Waals surface area (Å²) in [6.07, 6.45) is 4.60. The lowest BCUT2D eigenvalue weighted by Crippen LogP contribution is -2.16. The minimum Gasteiger partial charge on any atom is -0.490 e. The molecule has 5 heteroatoms. The van der Waals surface area contributed by atoms with Gasteiger partial charge in [0.05, 0.1) is 11.7 Å². The average Bonchev–Trinajstić information content (AvgIpc) is 3.06. The van der Waals surface area contributed by atoms with Crippen LogP contribution < -0.4 is 10.1 Å². The van der Waals surface area contributed by atoms with E-state index < -0.39 is 17.5 Å². The second kappa shape index (κ2) is 6.99. The van der Waals surface area contributed by atoms with Gasteiger partial charge in [0.15, 0.2) is 0 Å². The van der Waals surface area contributed by atoms with Crippen LogP contribution in [0.4, 0.5) is 14.5 Å². The van der Waals surface area contributed by atoms with E-state index in [4.69, 9.17) is 4.74 Å². The number of halogens is 2. The van der Waals surface area contributed by atoms with Crippen molar-refractivity contribution in [1.82, 2.24) is 0 Å². The first-order valence-corrected chi connectivity index (χ1v) is 8.07. The molecule has 0 aliphatic heterocycles. The number of amides is 1. The van der Waals surface area contributed by atoms with Crippen LogP contribution in [0.25, 0.3) is 0 Å². The second-order valence-corrected chi connectivity index (χ2v) is 6.03. The van der Waals surface area contributed by atoms with Crippen molar-refractivity contribution < 1.29 is 18.3 Å². The van der Waals surface area contributed by atoms with Gasteiger partial charge in [-0.25, -0.2) is 8.78 Å². The minimum atomic E-state index is -0.759. The third kappa shape index (κ3) is 3.55. The monoisotopic (exact) mass is 331 g/mol. The number of ether oxygens (including phenoxy) is 1. The van der Waals surface area contributed by atoms with Gasteiger partial charge in [0.25, 0.3) is 5.91 Å². The van der Waals surface area contributed by atoms with Crippen LogP contribution in [-0.4, -0.2) is 12.0 Å². The smallest absolute Gasteiger partial charge is 0.258 e. The number of hydrogen-bond acceptors (Lipinski definition) is 2. The fourth-order valence-corrected chi connectivity index (χ4v) is 2.92. The Kier molecular flexibility index (Phi) is 4.79. The average molecular weight is 331 g/mol. The molecule has 2 aromatic carbocycles. The van der Waals surface area contributed by atoms with Gasteiger partial charge in [0, 0.05) is 11.3 Å². The van der Waals surface area contributed by atoms with E-state index in [0.717, 1.165) is 36.6 Å². The number of anilines is 1. The summed E-state index contributed by atoms with van der Waals surface area (Å²) in [6, 6.07) is 8.15. The highest BCUT2D eigenvalue weighted by atomic mass is 19.1. The standard InChI is InChI=1S/C19H19F2NO2/c1-12-17(7-4-8-18(12)24-14-5-2-3-6-14)22-19(23)15-11-13(20)9-10-16(15)21/h4,7-11,14H,2-3,5-6H2,1H3,(H,22,23). The van der Waals surface area contributed by atoms with E-state index in [-0.39, 0.29) is 11.7 Å². The molecule has 0 unspecified atom stereocenters. The Bertz CT molecular complexity index is 755. The zero-order valence-electron chi connectivity index (χ0n) is 13.4. The molecule has 0 saturated heterocycles. The first-order valence-electron chi connectivity index (χ1n) is 8.07. The number of rotatable bonds is 4. The van der Waals surface area contributed by atoms with Crippen LogP contribution in [0.1, 0.15) is 41.6 Å². The van der Waals surface area contributed by atoms with Gasteiger partial charge < -0.3 is 10.1 Å². The van der Waals surface area contributed by atoms with Crippen molar-refractivity contribution in [3.8, 4) is 5.75 Å². The van der Waals surface area contributed by atoms with E-state index in [2.05, 4.69) is 5.32 Å². The Morgan fingerprint density at radius 3 is 2.67 bits per heavy atom. The molecule has 1 N–H and O–H groups in total. The number of benzene rings is 2. The van der Waals surface area contributed by atoms with E-state index in [0.29, 0.717) is 11.4 Å². The molecule has 1 fully saturated rings. The van der Waals surface area contributed by atoms with Gasteiger partial charge in [-0.2, -0.15) is 0 Å². The number of nitrogens with one attached hydrogen (secondary N) is 1. The molecule has 0 bridgehead atoms. The van der Waals surface area contributed by atoms with Crippen molar-refractivity contribution in [2.75, 3.05) is 5.32 Å². The van der Waals surface area contributed by atoms with Crippen LogP contribution in [0.5, 0.6) is 5.75 Å². The van der Waals surface area contributed by atoms with Gasteiger partial charge in [-0.15, -0.1) is 0 Å². The summed E-state index contributed by atoms with van der Waals surface area (Å²) in [5.74, 6) is -1.39. The molecule has 0 aromatic heterocycles. The predicted octanol–water partition coefficient (Wildman–Crippen LogP) is 4.85. The lowest BCUT2D eigenvalue weighted by molar-refractivity contribution is 0.102. The fourth-order valence-electron chi connectivity index (χ4n) is 2.92. The molecular formula is C19H19F2NO2. The van der Waals surface area contributed by atoms with Crippen LogP contribution in [-0.2, 0) is 0 Å². The van der Waals surface area contributed by atoms with Gasteiger partial charge in [0.1, 0.15) is 17.4 Å². The second-order valence-electron chi connectivity index (χ2n) is 6.03. The van der Waals surface area contributed by atoms with Crippen LogP contribution in [0, 0.1) is 18.6 Å². The first kappa shape index (κ1) is 16.4. The highest BCUT2D eigenvalue weighted by molar-refractivity contribution is 6.05. The summed E-state index contributed by atoms with van der Waals surface area (Å²) in [6.45, 7) is 1.84. The molecule has 0 radical (unpaired) electrons. The Labute approximate surface area is 139 Å². The minimum absolute atomic E-state index is 0.204. The highest BCUT2D eigenvalue weighted by Gasteiger charge is 2.19. The Morgan fingerprint density at radius 2 is 1.92 bits per heavy atom. The quantitative estimate of drug-likeness (QED) is 0.870. The molecule has 1 amide bonds. The topological polar surface area (TPSA) is 38.3 Å². The number of carbonyl (C=O) groups is 1. The van der Waals surface area contributed by atoms with Gasteiger partial charge in [-0.3, -0.25) is 4.79 Å². The van der Waals surface area contributed by atoms with E-state index >= 15 is 0 Å². The SMILES string of the molecule is Cc1c(NC(=O)c2cc(F)ccc2F)cccc1OC1CCCC1. The van der Waals surface area contributed by atoms with E-state index in [9.17, 15) is 13.6 Å². The largest absolute Gasteiger partial charge is 0.490 e. The summed E-state index contributed by atoms with van der Waals surface area (Å²) in [4.78, 5) is 12.2. The number of hydrogen-bond donors (Lipinski definition) is 1. The molecular weight excluding hydrogens is 312 g/mol. The molecule has 24 heavy (non-hydrogen) atoms. The van der Waals surface area contributed by atoms with Crippen LogP contribution in [0.15, 0.2) is 36.4 Å². The van der Waals surface area contributed by atoms with E-state index in [1.165, 1.54) is 12.8 Å².